The number of esters is 1. The molecule has 1 aromatic heterocycles. The Morgan fingerprint density at radius 1 is 0.839 bits per heavy atom. The molecule has 0 spiro atoms. The monoisotopic (exact) mass is 450 g/mol. The molecule has 0 bridgehead atoms. The van der Waals surface area contributed by atoms with Crippen molar-refractivity contribution in [3.63, 3.8) is 0 Å². The van der Waals surface area contributed by atoms with Crippen LogP contribution in [-0.2, 0) is 17.9 Å². The van der Waals surface area contributed by atoms with Gasteiger partial charge in [-0.1, -0.05) is 54.6 Å². The van der Waals surface area contributed by atoms with Crippen LogP contribution in [-0.4, -0.2) is 22.9 Å². The Kier molecular flexibility index (Phi) is 7.27. The molecule has 0 aliphatic heterocycles. The van der Waals surface area contributed by atoms with E-state index in [-0.39, 0.29) is 12.4 Å². The van der Waals surface area contributed by atoms with E-state index < -0.39 is 13.2 Å². The van der Waals surface area contributed by atoms with Crippen molar-refractivity contribution >= 4 is 29.1 Å². The molecular weight excluding hydrogens is 427 g/mol. The van der Waals surface area contributed by atoms with Gasteiger partial charge in [-0.25, -0.2) is 4.79 Å². The number of methoxy groups -OCH3 is 1. The second-order valence-electron chi connectivity index (χ2n) is 7.11. The van der Waals surface area contributed by atoms with Crippen molar-refractivity contribution in [1.82, 2.24) is 9.78 Å². The number of aryl methyl sites for hydroxylation is 1. The first-order valence-corrected chi connectivity index (χ1v) is 11.8. The maximum atomic E-state index is 12.1. The zero-order valence-electron chi connectivity index (χ0n) is 17.5. The van der Waals surface area contributed by atoms with Crippen LogP contribution < -0.4 is 28.3 Å². The number of hydrogen-bond donors (Lipinski definition) is 0. The topological polar surface area (TPSA) is 44.1 Å². The second-order valence-corrected chi connectivity index (χ2v) is 10.6. The van der Waals surface area contributed by atoms with Gasteiger partial charge in [0.1, 0.15) is 29.3 Å². The number of ether oxygens (including phenoxy) is 1. The summed E-state index contributed by atoms with van der Waals surface area (Å²) in [6.07, 6.45) is 0.755. The van der Waals surface area contributed by atoms with Gasteiger partial charge in [0.2, 0.25) is 0 Å². The van der Waals surface area contributed by atoms with Gasteiger partial charge in [-0.05, 0) is 42.5 Å². The van der Waals surface area contributed by atoms with Crippen LogP contribution in [0.2, 0.25) is 0 Å². The molecule has 0 fully saturated rings. The van der Waals surface area contributed by atoms with Crippen LogP contribution in [0.1, 0.15) is 16.2 Å². The van der Waals surface area contributed by atoms with Gasteiger partial charge < -0.3 is 17.1 Å². The van der Waals surface area contributed by atoms with Crippen LogP contribution in [0.5, 0.6) is 0 Å². The Morgan fingerprint density at radius 2 is 1.26 bits per heavy atom. The summed E-state index contributed by atoms with van der Waals surface area (Å²) in [5.41, 5.74) is 1.34. The van der Waals surface area contributed by atoms with E-state index in [0.29, 0.717) is 5.69 Å². The Balaban J connectivity index is 0.00000272. The van der Waals surface area contributed by atoms with Crippen molar-refractivity contribution in [3.8, 4) is 0 Å². The minimum atomic E-state index is -2.04. The van der Waals surface area contributed by atoms with Crippen molar-refractivity contribution in [2.24, 2.45) is 7.05 Å². The first kappa shape index (κ1) is 22.7. The standard InChI is InChI=1S/C25H24N2O2P.ClH/c1-27-20(18-24(26-27)25(28)29-2)19-30(21-12-6-3-7-13-21,22-14-8-4-9-15-22)23-16-10-5-11-17-23;/h3-18H,19H2,1-2H3;1H/q+1;/p-1. The Labute approximate surface area is 189 Å². The van der Waals surface area contributed by atoms with Crippen molar-refractivity contribution in [3.05, 3.63) is 108 Å². The van der Waals surface area contributed by atoms with Gasteiger partial charge in [0.15, 0.2) is 5.69 Å². The van der Waals surface area contributed by atoms with E-state index in [1.165, 1.54) is 23.0 Å². The highest BCUT2D eigenvalue weighted by molar-refractivity contribution is 7.95. The van der Waals surface area contributed by atoms with Gasteiger partial charge in [-0.2, -0.15) is 5.10 Å². The number of rotatable bonds is 6. The van der Waals surface area contributed by atoms with E-state index in [0.717, 1.165) is 11.9 Å². The molecule has 0 atom stereocenters. The fraction of sp³-hybridized carbons (Fsp3) is 0.120. The predicted octanol–water partition coefficient (Wildman–Crippen LogP) is 0.705. The summed E-state index contributed by atoms with van der Waals surface area (Å²) >= 11 is 0. The summed E-state index contributed by atoms with van der Waals surface area (Å²) in [6, 6.07) is 33.9. The van der Waals surface area contributed by atoms with Crippen LogP contribution in [0.15, 0.2) is 97.1 Å². The number of carbonyl (C=O) groups is 1. The molecule has 158 valence electrons. The Bertz CT molecular complexity index is 1040. The summed E-state index contributed by atoms with van der Waals surface area (Å²) in [7, 11) is 1.23. The lowest BCUT2D eigenvalue weighted by Crippen LogP contribution is -3.00. The van der Waals surface area contributed by atoms with Crippen LogP contribution in [0.4, 0.5) is 0 Å². The molecule has 3 aromatic carbocycles. The SMILES string of the molecule is COC(=O)c1cc(C[P+](c2ccccc2)(c2ccccc2)c2ccccc2)n(C)n1.[Cl-]. The van der Waals surface area contributed by atoms with E-state index in [9.17, 15) is 4.79 Å². The summed E-state index contributed by atoms with van der Waals surface area (Å²) in [4.78, 5) is 12.1. The summed E-state index contributed by atoms with van der Waals surface area (Å²) < 4.78 is 6.68. The van der Waals surface area contributed by atoms with E-state index in [2.05, 4.69) is 77.9 Å². The van der Waals surface area contributed by atoms with E-state index in [4.69, 9.17) is 4.74 Å². The quantitative estimate of drug-likeness (QED) is 0.321. The van der Waals surface area contributed by atoms with Crippen LogP contribution in [0, 0.1) is 0 Å². The molecule has 0 radical (unpaired) electrons. The maximum Gasteiger partial charge on any atom is 0.358 e. The number of aromatic nitrogens is 2. The highest BCUT2D eigenvalue weighted by atomic mass is 35.5. The Hall–Kier alpha value is -2.94. The van der Waals surface area contributed by atoms with Crippen molar-refractivity contribution < 1.29 is 21.9 Å². The zero-order chi connectivity index (χ0) is 21.0. The van der Waals surface area contributed by atoms with Crippen molar-refractivity contribution in [2.45, 2.75) is 6.16 Å². The normalized spacial score (nSPS) is 10.9. The molecule has 4 aromatic rings. The lowest BCUT2D eigenvalue weighted by molar-refractivity contribution is -0.0000205. The zero-order valence-corrected chi connectivity index (χ0v) is 19.1. The largest absolute Gasteiger partial charge is 1.00 e. The maximum absolute atomic E-state index is 12.1. The highest BCUT2D eigenvalue weighted by Crippen LogP contribution is 2.58. The molecule has 0 aliphatic rings. The Morgan fingerprint density at radius 3 is 1.65 bits per heavy atom. The molecule has 4 nitrogen and oxygen atoms in total. The summed E-state index contributed by atoms with van der Waals surface area (Å²) in [6.45, 7) is 0. The number of carbonyl (C=O) groups excluding carboxylic acids is 1. The lowest BCUT2D eigenvalue weighted by atomic mass is 10.3. The minimum absolute atomic E-state index is 0. The molecule has 1 heterocycles. The molecule has 0 N–H and O–H groups in total. The third-order valence-corrected chi connectivity index (χ3v) is 9.70. The molecule has 6 heteroatoms. The number of nitrogens with zero attached hydrogens (tertiary/aromatic N) is 2. The smallest absolute Gasteiger partial charge is 0.358 e. The van der Waals surface area contributed by atoms with Gasteiger partial charge in [0, 0.05) is 7.05 Å². The van der Waals surface area contributed by atoms with Gasteiger partial charge in [-0.3, -0.25) is 4.68 Å². The molecule has 0 unspecified atom stereocenters. The fourth-order valence-electron chi connectivity index (χ4n) is 3.87. The predicted molar refractivity (Wildman–Crippen MR) is 123 cm³/mol. The first-order chi connectivity index (χ1) is 14.6. The van der Waals surface area contributed by atoms with Crippen LogP contribution >= 0.6 is 7.26 Å². The summed E-state index contributed by atoms with van der Waals surface area (Å²) in [5, 5.41) is 8.29. The lowest BCUT2D eigenvalue weighted by Gasteiger charge is -2.27. The fourth-order valence-corrected chi connectivity index (χ4v) is 8.14. The van der Waals surface area contributed by atoms with E-state index in [1.807, 2.05) is 31.3 Å². The van der Waals surface area contributed by atoms with E-state index in [1.54, 1.807) is 4.68 Å². The van der Waals surface area contributed by atoms with Crippen molar-refractivity contribution in [1.29, 1.82) is 0 Å². The molecule has 0 saturated carbocycles. The third-order valence-electron chi connectivity index (χ3n) is 5.36. The van der Waals surface area contributed by atoms with Crippen molar-refractivity contribution in [2.75, 3.05) is 7.11 Å². The first-order valence-electron chi connectivity index (χ1n) is 9.81. The second kappa shape index (κ2) is 9.91. The average molecular weight is 451 g/mol. The molecule has 4 rings (SSSR count). The van der Waals surface area contributed by atoms with E-state index >= 15 is 0 Å². The van der Waals surface area contributed by atoms with Gasteiger partial charge in [-0.15, -0.1) is 0 Å². The average Bonchev–Trinajstić information content (AvgIpc) is 3.18. The number of halogens is 1. The van der Waals surface area contributed by atoms with Gasteiger partial charge in [0.05, 0.1) is 12.8 Å². The molecule has 0 aliphatic carbocycles. The van der Waals surface area contributed by atoms with Gasteiger partial charge >= 0.3 is 5.97 Å². The molecule has 0 saturated heterocycles. The molecular formula is C25H24ClN2O2P. The minimum Gasteiger partial charge on any atom is -1.00 e. The van der Waals surface area contributed by atoms with Gasteiger partial charge in [0.25, 0.3) is 0 Å². The van der Waals surface area contributed by atoms with Crippen LogP contribution in [0.25, 0.3) is 0 Å². The summed E-state index contributed by atoms with van der Waals surface area (Å²) in [5.74, 6) is -0.417. The highest BCUT2D eigenvalue weighted by Gasteiger charge is 2.46. The van der Waals surface area contributed by atoms with Crippen LogP contribution in [0.3, 0.4) is 0 Å². The molecule has 31 heavy (non-hydrogen) atoms. The number of hydrogen-bond acceptors (Lipinski definition) is 3. The third kappa shape index (κ3) is 4.41. The molecule has 0 amide bonds. The number of benzene rings is 3.